The zero-order valence-electron chi connectivity index (χ0n) is 13.0. The highest BCUT2D eigenvalue weighted by Crippen LogP contribution is 2.59. The van der Waals surface area contributed by atoms with Gasteiger partial charge in [-0.25, -0.2) is 4.98 Å². The molecular formula is C19H24N2. The molecule has 2 nitrogen and oxygen atoms in total. The van der Waals surface area contributed by atoms with Crippen LogP contribution in [0.3, 0.4) is 0 Å². The summed E-state index contributed by atoms with van der Waals surface area (Å²) in [7, 11) is 0. The Balaban J connectivity index is 1.58. The molecule has 0 spiro atoms. The Hall–Kier alpha value is -1.31. The molecule has 1 aromatic heterocycles. The van der Waals surface area contributed by atoms with Crippen molar-refractivity contribution >= 4 is 11.0 Å². The molecule has 2 heteroatoms. The van der Waals surface area contributed by atoms with Gasteiger partial charge in [-0.1, -0.05) is 0 Å². The molecule has 0 aliphatic heterocycles. The third-order valence-electron chi connectivity index (χ3n) is 6.66. The van der Waals surface area contributed by atoms with E-state index in [4.69, 9.17) is 4.98 Å². The molecule has 2 aromatic rings. The molecule has 4 fully saturated rings. The molecule has 21 heavy (non-hydrogen) atoms. The molecular weight excluding hydrogens is 256 g/mol. The Morgan fingerprint density at radius 1 is 0.905 bits per heavy atom. The maximum absolute atomic E-state index is 5.01. The number of benzene rings is 1. The number of hydrogen-bond acceptors (Lipinski definition) is 1. The monoisotopic (exact) mass is 280 g/mol. The van der Waals surface area contributed by atoms with Gasteiger partial charge in [0, 0.05) is 5.92 Å². The fourth-order valence-corrected chi connectivity index (χ4v) is 5.82. The Morgan fingerprint density at radius 2 is 1.52 bits per heavy atom. The highest BCUT2D eigenvalue weighted by Gasteiger charge is 2.49. The number of aromatic nitrogens is 2. The first-order valence-electron chi connectivity index (χ1n) is 8.64. The van der Waals surface area contributed by atoms with Crippen LogP contribution in [0.15, 0.2) is 12.1 Å². The highest BCUT2D eigenvalue weighted by molar-refractivity contribution is 5.77. The topological polar surface area (TPSA) is 28.7 Å². The Bertz CT molecular complexity index is 645. The molecule has 4 saturated carbocycles. The lowest BCUT2D eigenvalue weighted by atomic mass is 9.52. The zero-order valence-corrected chi connectivity index (χ0v) is 13.0. The lowest BCUT2D eigenvalue weighted by molar-refractivity contribution is -0.00528. The van der Waals surface area contributed by atoms with Crippen molar-refractivity contribution in [3.63, 3.8) is 0 Å². The maximum atomic E-state index is 5.01. The number of rotatable bonds is 1. The minimum absolute atomic E-state index is 0.714. The summed E-state index contributed by atoms with van der Waals surface area (Å²) in [5, 5.41) is 0. The molecule has 0 amide bonds. The minimum Gasteiger partial charge on any atom is -0.342 e. The number of aryl methyl sites for hydroxylation is 2. The molecule has 0 atom stereocenters. The van der Waals surface area contributed by atoms with Gasteiger partial charge in [0.05, 0.1) is 11.0 Å². The third-order valence-corrected chi connectivity index (χ3v) is 6.66. The second-order valence-electron chi connectivity index (χ2n) is 8.03. The first-order chi connectivity index (χ1) is 10.2. The fraction of sp³-hybridized carbons (Fsp3) is 0.632. The molecule has 4 bridgehead atoms. The fourth-order valence-electron chi connectivity index (χ4n) is 5.82. The van der Waals surface area contributed by atoms with Gasteiger partial charge >= 0.3 is 0 Å². The van der Waals surface area contributed by atoms with Crippen LogP contribution in [0.4, 0.5) is 0 Å². The van der Waals surface area contributed by atoms with Crippen molar-refractivity contribution in [2.75, 3.05) is 0 Å². The van der Waals surface area contributed by atoms with Crippen LogP contribution in [-0.2, 0) is 0 Å². The Kier molecular flexibility index (Phi) is 2.40. The van der Waals surface area contributed by atoms with Crippen molar-refractivity contribution < 1.29 is 0 Å². The number of nitrogens with one attached hydrogen (secondary N) is 1. The van der Waals surface area contributed by atoms with E-state index >= 15 is 0 Å². The van der Waals surface area contributed by atoms with Gasteiger partial charge in [0.1, 0.15) is 5.82 Å². The molecule has 1 heterocycles. The summed E-state index contributed by atoms with van der Waals surface area (Å²) >= 11 is 0. The lowest BCUT2D eigenvalue weighted by Gasteiger charge is -2.53. The first kappa shape index (κ1) is 12.3. The number of imidazole rings is 1. The number of hydrogen-bond donors (Lipinski definition) is 1. The number of aromatic amines is 1. The van der Waals surface area contributed by atoms with Crippen LogP contribution >= 0.6 is 0 Å². The summed E-state index contributed by atoms with van der Waals surface area (Å²) in [6.07, 6.45) is 7.39. The summed E-state index contributed by atoms with van der Waals surface area (Å²) in [5.41, 5.74) is 5.12. The van der Waals surface area contributed by atoms with Crippen LogP contribution in [0, 0.1) is 37.5 Å². The van der Waals surface area contributed by atoms with Gasteiger partial charge in [-0.3, -0.25) is 0 Å². The molecule has 6 rings (SSSR count). The normalized spacial score (nSPS) is 37.5. The smallest absolute Gasteiger partial charge is 0.110 e. The molecule has 4 aliphatic rings. The average molecular weight is 280 g/mol. The first-order valence-corrected chi connectivity index (χ1v) is 8.64. The van der Waals surface area contributed by atoms with E-state index in [-0.39, 0.29) is 0 Å². The van der Waals surface area contributed by atoms with E-state index in [0.29, 0.717) is 5.92 Å². The molecule has 0 saturated heterocycles. The summed E-state index contributed by atoms with van der Waals surface area (Å²) in [6, 6.07) is 4.53. The Morgan fingerprint density at radius 3 is 2.19 bits per heavy atom. The van der Waals surface area contributed by atoms with Crippen LogP contribution in [-0.4, -0.2) is 9.97 Å². The molecule has 1 aromatic carbocycles. The van der Waals surface area contributed by atoms with Gasteiger partial charge in [-0.15, -0.1) is 0 Å². The van der Waals surface area contributed by atoms with Crippen molar-refractivity contribution in [2.24, 2.45) is 23.7 Å². The van der Waals surface area contributed by atoms with Crippen molar-refractivity contribution in [1.29, 1.82) is 0 Å². The average Bonchev–Trinajstić information content (AvgIpc) is 2.80. The molecule has 0 unspecified atom stereocenters. The molecule has 4 aliphatic carbocycles. The van der Waals surface area contributed by atoms with Crippen LogP contribution < -0.4 is 0 Å². The van der Waals surface area contributed by atoms with Gasteiger partial charge < -0.3 is 4.98 Å². The minimum atomic E-state index is 0.714. The molecule has 0 radical (unpaired) electrons. The van der Waals surface area contributed by atoms with E-state index in [1.165, 1.54) is 60.1 Å². The van der Waals surface area contributed by atoms with Crippen LogP contribution in [0.5, 0.6) is 0 Å². The second-order valence-corrected chi connectivity index (χ2v) is 8.03. The second kappa shape index (κ2) is 4.12. The van der Waals surface area contributed by atoms with Gasteiger partial charge in [-0.05, 0) is 92.9 Å². The summed E-state index contributed by atoms with van der Waals surface area (Å²) in [5.74, 6) is 5.90. The van der Waals surface area contributed by atoms with Gasteiger partial charge in [0.15, 0.2) is 0 Å². The van der Waals surface area contributed by atoms with E-state index < -0.39 is 0 Å². The summed E-state index contributed by atoms with van der Waals surface area (Å²) < 4.78 is 0. The van der Waals surface area contributed by atoms with E-state index in [0.717, 1.165) is 23.7 Å². The standard InChI is InChI=1S/C19H24N2/c1-10-3-16-17(4-11(10)2)21-19(20-16)18-14-6-12-5-13(8-14)9-15(18)7-12/h3-4,12-15,18H,5-9H2,1-2H3,(H,20,21). The van der Waals surface area contributed by atoms with Crippen LogP contribution in [0.1, 0.15) is 55.0 Å². The maximum Gasteiger partial charge on any atom is 0.110 e. The quantitative estimate of drug-likeness (QED) is 0.804. The number of H-pyrrole nitrogens is 1. The third kappa shape index (κ3) is 1.74. The predicted molar refractivity (Wildman–Crippen MR) is 85.4 cm³/mol. The largest absolute Gasteiger partial charge is 0.342 e. The highest BCUT2D eigenvalue weighted by atomic mass is 14.9. The summed E-state index contributed by atoms with van der Waals surface area (Å²) in [4.78, 5) is 8.69. The van der Waals surface area contributed by atoms with E-state index in [1.807, 2.05) is 0 Å². The number of nitrogens with zero attached hydrogens (tertiary/aromatic N) is 1. The molecule has 1 N–H and O–H groups in total. The SMILES string of the molecule is Cc1cc2nc(C3C4CC5CC(C4)CC3C5)[nH]c2cc1C. The van der Waals surface area contributed by atoms with Gasteiger partial charge in [0.2, 0.25) is 0 Å². The molecule has 110 valence electrons. The summed E-state index contributed by atoms with van der Waals surface area (Å²) in [6.45, 7) is 4.38. The van der Waals surface area contributed by atoms with E-state index in [1.54, 1.807) is 0 Å². The van der Waals surface area contributed by atoms with E-state index in [2.05, 4.69) is 31.0 Å². The van der Waals surface area contributed by atoms with Crippen LogP contribution in [0.25, 0.3) is 11.0 Å². The Labute approximate surface area is 126 Å². The van der Waals surface area contributed by atoms with E-state index in [9.17, 15) is 0 Å². The van der Waals surface area contributed by atoms with Crippen molar-refractivity contribution in [3.8, 4) is 0 Å². The van der Waals surface area contributed by atoms with Crippen LogP contribution in [0.2, 0.25) is 0 Å². The van der Waals surface area contributed by atoms with Crippen molar-refractivity contribution in [1.82, 2.24) is 9.97 Å². The lowest BCUT2D eigenvalue weighted by Crippen LogP contribution is -2.44. The van der Waals surface area contributed by atoms with Crippen molar-refractivity contribution in [2.45, 2.75) is 51.9 Å². The van der Waals surface area contributed by atoms with Gasteiger partial charge in [-0.2, -0.15) is 0 Å². The zero-order chi connectivity index (χ0) is 14.1. The van der Waals surface area contributed by atoms with Crippen molar-refractivity contribution in [3.05, 3.63) is 29.1 Å². The van der Waals surface area contributed by atoms with Gasteiger partial charge in [0.25, 0.3) is 0 Å². The number of fused-ring (bicyclic) bond motifs is 1. The predicted octanol–water partition coefficient (Wildman–Crippen LogP) is 4.72.